The number of halogens is 1. The molecule has 1 aliphatic rings. The average Bonchev–Trinajstić information content (AvgIpc) is 2.41. The van der Waals surface area contributed by atoms with Crippen LogP contribution in [0.2, 0.25) is 4.34 Å². The number of rotatable bonds is 1. The van der Waals surface area contributed by atoms with Gasteiger partial charge in [-0.25, -0.2) is 0 Å². The minimum atomic E-state index is 0.163. The summed E-state index contributed by atoms with van der Waals surface area (Å²) in [5, 5.41) is 0. The van der Waals surface area contributed by atoms with Crippen molar-refractivity contribution in [1.82, 2.24) is 0 Å². The van der Waals surface area contributed by atoms with Crippen LogP contribution in [0.3, 0.4) is 0 Å². The van der Waals surface area contributed by atoms with Crippen LogP contribution < -0.4 is 5.73 Å². The molecule has 2 rings (SSSR count). The summed E-state index contributed by atoms with van der Waals surface area (Å²) in [7, 11) is 0. The maximum Gasteiger partial charge on any atom is 0.0979 e. The molecule has 2 atom stereocenters. The second-order valence-corrected chi connectivity index (χ2v) is 5.35. The molecule has 0 bridgehead atoms. The Morgan fingerprint density at radius 2 is 2.29 bits per heavy atom. The van der Waals surface area contributed by atoms with Crippen LogP contribution in [-0.2, 0) is 17.7 Å². The molecule has 1 aromatic heterocycles. The van der Waals surface area contributed by atoms with Gasteiger partial charge in [-0.3, -0.25) is 0 Å². The van der Waals surface area contributed by atoms with E-state index in [2.05, 4.69) is 13.8 Å². The zero-order valence-corrected chi connectivity index (χ0v) is 9.91. The second-order valence-electron chi connectivity index (χ2n) is 3.69. The van der Waals surface area contributed by atoms with Crippen LogP contribution >= 0.6 is 22.9 Å². The third-order valence-corrected chi connectivity index (χ3v) is 4.28. The van der Waals surface area contributed by atoms with Crippen molar-refractivity contribution in [3.8, 4) is 0 Å². The first-order valence-corrected chi connectivity index (χ1v) is 5.98. The minimum Gasteiger partial charge on any atom is -0.370 e. The van der Waals surface area contributed by atoms with Gasteiger partial charge in [0.2, 0.25) is 0 Å². The molecule has 0 fully saturated rings. The van der Waals surface area contributed by atoms with Crippen LogP contribution in [0.15, 0.2) is 0 Å². The molecule has 14 heavy (non-hydrogen) atoms. The van der Waals surface area contributed by atoms with Crippen molar-refractivity contribution in [2.45, 2.75) is 39.0 Å². The smallest absolute Gasteiger partial charge is 0.0979 e. The van der Waals surface area contributed by atoms with Gasteiger partial charge in [0, 0.05) is 11.4 Å². The lowest BCUT2D eigenvalue weighted by Crippen LogP contribution is -2.21. The van der Waals surface area contributed by atoms with Gasteiger partial charge >= 0.3 is 0 Å². The molecule has 1 aromatic rings. The van der Waals surface area contributed by atoms with Gasteiger partial charge in [-0.1, -0.05) is 11.6 Å². The fourth-order valence-electron chi connectivity index (χ4n) is 1.99. The standard InChI is InChI=1S/C10H14ClNOS/c1-5-3-7-8(4-12)10(11)14-9(7)6(2)13-5/h5-6H,3-4,12H2,1-2H3. The first kappa shape index (κ1) is 10.4. The number of fused-ring (bicyclic) bond motifs is 1. The van der Waals surface area contributed by atoms with E-state index in [-0.39, 0.29) is 12.2 Å². The molecule has 1 aliphatic heterocycles. The van der Waals surface area contributed by atoms with Crippen molar-refractivity contribution in [2.75, 3.05) is 0 Å². The maximum atomic E-state index is 6.13. The number of thiophene rings is 1. The molecular formula is C10H14ClNOS. The quantitative estimate of drug-likeness (QED) is 0.807. The van der Waals surface area contributed by atoms with E-state index in [0.29, 0.717) is 6.54 Å². The molecule has 2 unspecified atom stereocenters. The van der Waals surface area contributed by atoms with E-state index in [1.165, 1.54) is 10.4 Å². The molecule has 0 spiro atoms. The summed E-state index contributed by atoms with van der Waals surface area (Å²) in [6.45, 7) is 4.69. The van der Waals surface area contributed by atoms with Crippen molar-refractivity contribution in [3.63, 3.8) is 0 Å². The van der Waals surface area contributed by atoms with Gasteiger partial charge in [-0.15, -0.1) is 11.3 Å². The summed E-state index contributed by atoms with van der Waals surface area (Å²) in [6, 6.07) is 0. The number of ether oxygens (including phenoxy) is 1. The largest absolute Gasteiger partial charge is 0.370 e. The Balaban J connectivity index is 2.48. The highest BCUT2D eigenvalue weighted by Crippen LogP contribution is 2.41. The van der Waals surface area contributed by atoms with E-state index >= 15 is 0 Å². The zero-order chi connectivity index (χ0) is 10.3. The normalized spacial score (nSPS) is 26.3. The fourth-order valence-corrected chi connectivity index (χ4v) is 3.50. The Bertz CT molecular complexity index is 350. The van der Waals surface area contributed by atoms with Crippen LogP contribution in [0, 0.1) is 0 Å². The van der Waals surface area contributed by atoms with Gasteiger partial charge in [0.1, 0.15) is 0 Å². The molecule has 78 valence electrons. The average molecular weight is 232 g/mol. The lowest BCUT2D eigenvalue weighted by atomic mass is 9.99. The van der Waals surface area contributed by atoms with Crippen molar-refractivity contribution in [3.05, 3.63) is 20.3 Å². The first-order valence-electron chi connectivity index (χ1n) is 4.79. The molecule has 0 radical (unpaired) electrons. The summed E-state index contributed by atoms with van der Waals surface area (Å²) in [4.78, 5) is 1.26. The topological polar surface area (TPSA) is 35.2 Å². The lowest BCUT2D eigenvalue weighted by molar-refractivity contribution is -0.00234. The summed E-state index contributed by atoms with van der Waals surface area (Å²) < 4.78 is 6.57. The number of hydrogen-bond acceptors (Lipinski definition) is 3. The van der Waals surface area contributed by atoms with Crippen LogP contribution in [0.1, 0.15) is 36.0 Å². The molecular weight excluding hydrogens is 218 g/mol. The van der Waals surface area contributed by atoms with Crippen molar-refractivity contribution >= 4 is 22.9 Å². The van der Waals surface area contributed by atoms with Gasteiger partial charge in [-0.2, -0.15) is 0 Å². The van der Waals surface area contributed by atoms with Gasteiger partial charge < -0.3 is 10.5 Å². The SMILES string of the molecule is CC1Cc2c(sc(Cl)c2CN)C(C)O1. The predicted octanol–water partition coefficient (Wildman–Crippen LogP) is 2.88. The van der Waals surface area contributed by atoms with Crippen LogP contribution in [-0.4, -0.2) is 6.10 Å². The Morgan fingerprint density at radius 3 is 2.93 bits per heavy atom. The number of nitrogens with two attached hydrogens (primary N) is 1. The van der Waals surface area contributed by atoms with E-state index in [1.807, 2.05) is 0 Å². The third-order valence-electron chi connectivity index (χ3n) is 2.60. The molecule has 0 saturated heterocycles. The molecule has 0 aliphatic carbocycles. The van der Waals surface area contributed by atoms with E-state index in [9.17, 15) is 0 Å². The van der Waals surface area contributed by atoms with Crippen molar-refractivity contribution in [2.24, 2.45) is 5.73 Å². The highest BCUT2D eigenvalue weighted by atomic mass is 35.5. The minimum absolute atomic E-state index is 0.163. The van der Waals surface area contributed by atoms with Gasteiger partial charge in [0.05, 0.1) is 16.5 Å². The lowest BCUT2D eigenvalue weighted by Gasteiger charge is -2.26. The summed E-state index contributed by atoms with van der Waals surface area (Å²) in [5.41, 5.74) is 8.14. The first-order chi connectivity index (χ1) is 6.63. The van der Waals surface area contributed by atoms with E-state index in [1.54, 1.807) is 11.3 Å². The molecule has 4 heteroatoms. The monoisotopic (exact) mass is 231 g/mol. The molecule has 0 saturated carbocycles. The van der Waals surface area contributed by atoms with Gasteiger partial charge in [0.15, 0.2) is 0 Å². The second kappa shape index (κ2) is 3.81. The Morgan fingerprint density at radius 1 is 1.57 bits per heavy atom. The Hall–Kier alpha value is -0.0900. The highest BCUT2D eigenvalue weighted by molar-refractivity contribution is 7.16. The molecule has 2 heterocycles. The molecule has 0 amide bonds. The summed E-state index contributed by atoms with van der Waals surface area (Å²) in [6.07, 6.45) is 1.38. The van der Waals surface area contributed by atoms with Crippen molar-refractivity contribution < 1.29 is 4.74 Å². The Kier molecular flexibility index (Phi) is 2.84. The van der Waals surface area contributed by atoms with Crippen LogP contribution in [0.4, 0.5) is 0 Å². The number of hydrogen-bond donors (Lipinski definition) is 1. The summed E-state index contributed by atoms with van der Waals surface area (Å²) >= 11 is 7.74. The van der Waals surface area contributed by atoms with Crippen LogP contribution in [0.25, 0.3) is 0 Å². The van der Waals surface area contributed by atoms with Crippen LogP contribution in [0.5, 0.6) is 0 Å². The highest BCUT2D eigenvalue weighted by Gasteiger charge is 2.27. The van der Waals surface area contributed by atoms with Crippen molar-refractivity contribution in [1.29, 1.82) is 0 Å². The zero-order valence-electron chi connectivity index (χ0n) is 8.34. The maximum absolute atomic E-state index is 6.13. The van der Waals surface area contributed by atoms with Gasteiger partial charge in [0.25, 0.3) is 0 Å². The van der Waals surface area contributed by atoms with E-state index in [0.717, 1.165) is 16.3 Å². The summed E-state index contributed by atoms with van der Waals surface area (Å²) in [5.74, 6) is 0. The van der Waals surface area contributed by atoms with Gasteiger partial charge in [-0.05, 0) is 31.4 Å². The van der Waals surface area contributed by atoms with E-state index in [4.69, 9.17) is 22.1 Å². The molecule has 2 nitrogen and oxygen atoms in total. The van der Waals surface area contributed by atoms with E-state index < -0.39 is 0 Å². The third kappa shape index (κ3) is 1.58. The Labute approximate surface area is 93.0 Å². The predicted molar refractivity (Wildman–Crippen MR) is 59.9 cm³/mol. The fraction of sp³-hybridized carbons (Fsp3) is 0.600. The molecule has 2 N–H and O–H groups in total. The molecule has 0 aromatic carbocycles.